The highest BCUT2D eigenvalue weighted by molar-refractivity contribution is 6.31. The summed E-state index contributed by atoms with van der Waals surface area (Å²) in [6.07, 6.45) is 1.49. The highest BCUT2D eigenvalue weighted by Crippen LogP contribution is 2.17. The van der Waals surface area contributed by atoms with Crippen molar-refractivity contribution in [2.24, 2.45) is 0 Å². The van der Waals surface area contributed by atoms with Gasteiger partial charge in [0.2, 0.25) is 0 Å². The van der Waals surface area contributed by atoms with Crippen LogP contribution in [0.2, 0.25) is 5.02 Å². The number of carbonyl (C=O) groups is 1. The van der Waals surface area contributed by atoms with Crippen molar-refractivity contribution in [3.8, 4) is 0 Å². The third-order valence-corrected chi connectivity index (χ3v) is 3.06. The summed E-state index contributed by atoms with van der Waals surface area (Å²) in [5, 5.41) is 3.94. The van der Waals surface area contributed by atoms with Crippen LogP contribution in [-0.2, 0) is 0 Å². The summed E-state index contributed by atoms with van der Waals surface area (Å²) >= 11 is 5.84. The van der Waals surface area contributed by atoms with Gasteiger partial charge in [-0.1, -0.05) is 11.6 Å². The average molecular weight is 302 g/mol. The number of halogens is 2. The fraction of sp³-hybridized carbons (Fsp3) is 0. The number of carbonyl (C=O) groups excluding carboxylic acids is 1. The summed E-state index contributed by atoms with van der Waals surface area (Å²) in [4.78, 5) is 20.3. The zero-order valence-corrected chi connectivity index (χ0v) is 11.4. The quantitative estimate of drug-likeness (QED) is 0.785. The Morgan fingerprint density at radius 2 is 1.90 bits per heavy atom. The number of hydrogen-bond donors (Lipinski definition) is 1. The molecule has 0 radical (unpaired) electrons. The number of nitrogens with zero attached hydrogens (tertiary/aromatic N) is 2. The molecule has 104 valence electrons. The van der Waals surface area contributed by atoms with Crippen LogP contribution >= 0.6 is 11.6 Å². The van der Waals surface area contributed by atoms with Crippen molar-refractivity contribution >= 4 is 34.4 Å². The lowest BCUT2D eigenvalue weighted by atomic mass is 10.2. The lowest BCUT2D eigenvalue weighted by Gasteiger charge is -2.05. The maximum Gasteiger partial charge on any atom is 0.256 e. The Hall–Kier alpha value is -2.53. The molecule has 0 bridgehead atoms. The molecule has 0 aliphatic carbocycles. The molecule has 1 aromatic carbocycles. The van der Waals surface area contributed by atoms with Crippen LogP contribution in [0.1, 0.15) is 10.4 Å². The first kappa shape index (κ1) is 13.5. The fourth-order valence-electron chi connectivity index (χ4n) is 1.84. The van der Waals surface area contributed by atoms with Crippen molar-refractivity contribution in [2.75, 3.05) is 5.32 Å². The van der Waals surface area contributed by atoms with Crippen LogP contribution in [0, 0.1) is 5.82 Å². The van der Waals surface area contributed by atoms with Gasteiger partial charge in [0.15, 0.2) is 5.65 Å². The van der Waals surface area contributed by atoms with Crippen molar-refractivity contribution in [1.29, 1.82) is 0 Å². The van der Waals surface area contributed by atoms with E-state index in [1.807, 2.05) is 0 Å². The van der Waals surface area contributed by atoms with Gasteiger partial charge in [-0.25, -0.2) is 14.4 Å². The number of hydrogen-bond acceptors (Lipinski definition) is 3. The predicted molar refractivity (Wildman–Crippen MR) is 78.9 cm³/mol. The first-order chi connectivity index (χ1) is 10.1. The Morgan fingerprint density at radius 3 is 2.67 bits per heavy atom. The minimum atomic E-state index is -0.392. The molecule has 21 heavy (non-hydrogen) atoms. The van der Waals surface area contributed by atoms with Gasteiger partial charge in [0.05, 0.1) is 5.02 Å². The van der Waals surface area contributed by atoms with Crippen LogP contribution in [0.5, 0.6) is 0 Å². The molecule has 0 spiro atoms. The molecule has 0 atom stereocenters. The van der Waals surface area contributed by atoms with Gasteiger partial charge in [-0.3, -0.25) is 4.79 Å². The zero-order chi connectivity index (χ0) is 14.8. The lowest BCUT2D eigenvalue weighted by molar-refractivity contribution is 0.102. The second-order valence-electron chi connectivity index (χ2n) is 4.36. The zero-order valence-electron chi connectivity index (χ0n) is 10.7. The lowest BCUT2D eigenvalue weighted by Crippen LogP contribution is -2.13. The molecule has 6 heteroatoms. The monoisotopic (exact) mass is 301 g/mol. The van der Waals surface area contributed by atoms with E-state index in [0.29, 0.717) is 22.1 Å². The number of anilines is 1. The molecular weight excluding hydrogens is 293 g/mol. The van der Waals surface area contributed by atoms with Gasteiger partial charge < -0.3 is 5.32 Å². The third kappa shape index (κ3) is 2.98. The number of pyridine rings is 2. The molecular formula is C15H9ClFN3O. The van der Waals surface area contributed by atoms with Crippen LogP contribution in [-0.4, -0.2) is 15.9 Å². The van der Waals surface area contributed by atoms with E-state index < -0.39 is 5.82 Å². The molecule has 2 heterocycles. The number of fused-ring (bicyclic) bond motifs is 1. The van der Waals surface area contributed by atoms with E-state index in [2.05, 4.69) is 15.3 Å². The van der Waals surface area contributed by atoms with Gasteiger partial charge in [-0.15, -0.1) is 0 Å². The van der Waals surface area contributed by atoms with E-state index in [1.165, 1.54) is 30.5 Å². The van der Waals surface area contributed by atoms with Crippen molar-refractivity contribution in [3.63, 3.8) is 0 Å². The van der Waals surface area contributed by atoms with E-state index in [9.17, 15) is 9.18 Å². The minimum Gasteiger partial charge on any atom is -0.306 e. The van der Waals surface area contributed by atoms with Crippen LogP contribution in [0.15, 0.2) is 48.7 Å². The Bertz CT molecular complexity index is 821. The van der Waals surface area contributed by atoms with Crippen molar-refractivity contribution in [1.82, 2.24) is 9.97 Å². The van der Waals surface area contributed by atoms with Gasteiger partial charge >= 0.3 is 0 Å². The number of amides is 1. The average Bonchev–Trinajstić information content (AvgIpc) is 2.48. The van der Waals surface area contributed by atoms with Crippen molar-refractivity contribution in [2.45, 2.75) is 0 Å². The third-order valence-electron chi connectivity index (χ3n) is 2.86. The van der Waals surface area contributed by atoms with Crippen LogP contribution in [0.4, 0.5) is 10.2 Å². The van der Waals surface area contributed by atoms with Gasteiger partial charge in [0, 0.05) is 17.1 Å². The topological polar surface area (TPSA) is 54.9 Å². The maximum atomic E-state index is 12.8. The number of aromatic nitrogens is 2. The summed E-state index contributed by atoms with van der Waals surface area (Å²) < 4.78 is 12.8. The summed E-state index contributed by atoms with van der Waals surface area (Å²) in [5.41, 5.74) is 0.832. The summed E-state index contributed by atoms with van der Waals surface area (Å²) in [6.45, 7) is 0. The molecule has 0 saturated carbocycles. The fourth-order valence-corrected chi connectivity index (χ4v) is 2.01. The molecule has 0 fully saturated rings. The minimum absolute atomic E-state index is 0.349. The standard InChI is InChI=1S/C15H9ClFN3O/c16-11-7-10-3-6-13(19-14(10)18-8-11)20-15(21)9-1-4-12(17)5-2-9/h1-8H,(H,18,19,20,21). The Balaban J connectivity index is 1.85. The summed E-state index contributed by atoms with van der Waals surface area (Å²) in [5.74, 6) is -0.390. The maximum absolute atomic E-state index is 12.8. The summed E-state index contributed by atoms with van der Waals surface area (Å²) in [7, 11) is 0. The molecule has 1 N–H and O–H groups in total. The highest BCUT2D eigenvalue weighted by atomic mass is 35.5. The van der Waals surface area contributed by atoms with Gasteiger partial charge in [-0.2, -0.15) is 0 Å². The van der Waals surface area contributed by atoms with E-state index in [-0.39, 0.29) is 5.91 Å². The van der Waals surface area contributed by atoms with Crippen molar-refractivity contribution in [3.05, 3.63) is 65.1 Å². The molecule has 0 saturated heterocycles. The van der Waals surface area contributed by atoms with E-state index in [4.69, 9.17) is 11.6 Å². The smallest absolute Gasteiger partial charge is 0.256 e. The molecule has 0 unspecified atom stereocenters. The van der Waals surface area contributed by atoms with Gasteiger partial charge in [0.1, 0.15) is 11.6 Å². The molecule has 4 nitrogen and oxygen atoms in total. The van der Waals surface area contributed by atoms with Crippen LogP contribution in [0.3, 0.4) is 0 Å². The normalized spacial score (nSPS) is 10.6. The van der Waals surface area contributed by atoms with Gasteiger partial charge in [-0.05, 0) is 42.5 Å². The first-order valence-electron chi connectivity index (χ1n) is 6.11. The predicted octanol–water partition coefficient (Wildman–Crippen LogP) is 3.67. The molecule has 3 rings (SSSR count). The second kappa shape index (κ2) is 5.46. The van der Waals surface area contributed by atoms with Crippen LogP contribution in [0.25, 0.3) is 11.0 Å². The van der Waals surface area contributed by atoms with E-state index >= 15 is 0 Å². The van der Waals surface area contributed by atoms with Crippen LogP contribution < -0.4 is 5.32 Å². The van der Waals surface area contributed by atoms with Gasteiger partial charge in [0.25, 0.3) is 5.91 Å². The Kier molecular flexibility index (Phi) is 3.50. The molecule has 1 amide bonds. The largest absolute Gasteiger partial charge is 0.306 e. The van der Waals surface area contributed by atoms with E-state index in [0.717, 1.165) is 5.39 Å². The summed E-state index contributed by atoms with van der Waals surface area (Å²) in [6, 6.07) is 10.4. The number of rotatable bonds is 2. The van der Waals surface area contributed by atoms with E-state index in [1.54, 1.807) is 18.2 Å². The molecule has 0 aliphatic heterocycles. The van der Waals surface area contributed by atoms with Crippen molar-refractivity contribution < 1.29 is 9.18 Å². The number of benzene rings is 1. The highest BCUT2D eigenvalue weighted by Gasteiger charge is 2.08. The first-order valence-corrected chi connectivity index (χ1v) is 6.49. The number of nitrogens with one attached hydrogen (secondary N) is 1. The second-order valence-corrected chi connectivity index (χ2v) is 4.79. The SMILES string of the molecule is O=C(Nc1ccc2cc(Cl)cnc2n1)c1ccc(F)cc1. The molecule has 3 aromatic rings. The Morgan fingerprint density at radius 1 is 1.14 bits per heavy atom. The molecule has 2 aromatic heterocycles. The molecule has 0 aliphatic rings. The Labute approximate surface area is 124 Å².